The first-order valence-electron chi connectivity index (χ1n) is 8.44. The summed E-state index contributed by atoms with van der Waals surface area (Å²) in [5.41, 5.74) is 1.37. The van der Waals surface area contributed by atoms with E-state index in [2.05, 4.69) is 42.3 Å². The summed E-state index contributed by atoms with van der Waals surface area (Å²) in [5, 5.41) is 4.32. The number of nitrogens with one attached hydrogen (secondary N) is 1. The summed E-state index contributed by atoms with van der Waals surface area (Å²) in [6.07, 6.45) is 4.98. The number of nitrogens with zero attached hydrogens (tertiary/aromatic N) is 1. The molecule has 1 unspecified atom stereocenters. The fraction of sp³-hybridized carbons (Fsp3) is 0.667. The zero-order chi connectivity index (χ0) is 15.1. The van der Waals surface area contributed by atoms with Crippen molar-refractivity contribution in [2.75, 3.05) is 26.2 Å². The van der Waals surface area contributed by atoms with Gasteiger partial charge in [0, 0.05) is 17.6 Å². The number of rotatable bonds is 7. The third-order valence-electron chi connectivity index (χ3n) is 4.52. The monoisotopic (exact) mass is 308 g/mol. The molecule has 1 saturated heterocycles. The van der Waals surface area contributed by atoms with Crippen LogP contribution in [0.3, 0.4) is 0 Å². The van der Waals surface area contributed by atoms with E-state index in [9.17, 15) is 0 Å². The molecule has 1 heterocycles. The number of hydrogen-bond acceptors (Lipinski definition) is 2. The molecule has 1 fully saturated rings. The standard InChI is InChI=1S/C18H29ClN2/c1-3-12-21(14-15-8-10-20-11-9-15)18(4-2)16-6-5-7-17(19)13-16/h5-7,13,15,18,20H,3-4,8-12,14H2,1-2H3. The molecule has 2 nitrogen and oxygen atoms in total. The fourth-order valence-corrected chi connectivity index (χ4v) is 3.67. The number of benzene rings is 1. The molecule has 21 heavy (non-hydrogen) atoms. The van der Waals surface area contributed by atoms with Crippen LogP contribution in [0.25, 0.3) is 0 Å². The number of piperidine rings is 1. The lowest BCUT2D eigenvalue weighted by molar-refractivity contribution is 0.148. The highest BCUT2D eigenvalue weighted by molar-refractivity contribution is 6.30. The third-order valence-corrected chi connectivity index (χ3v) is 4.76. The second-order valence-corrected chi connectivity index (χ2v) is 6.60. The summed E-state index contributed by atoms with van der Waals surface area (Å²) < 4.78 is 0. The van der Waals surface area contributed by atoms with Gasteiger partial charge in [-0.15, -0.1) is 0 Å². The first kappa shape index (κ1) is 16.8. The highest BCUT2D eigenvalue weighted by Gasteiger charge is 2.23. The SMILES string of the molecule is CCCN(CC1CCNCC1)C(CC)c1cccc(Cl)c1. The minimum absolute atomic E-state index is 0.499. The molecule has 1 aliphatic rings. The molecule has 0 spiro atoms. The van der Waals surface area contributed by atoms with Crippen molar-refractivity contribution in [3.05, 3.63) is 34.9 Å². The van der Waals surface area contributed by atoms with Crippen LogP contribution in [0.4, 0.5) is 0 Å². The zero-order valence-electron chi connectivity index (χ0n) is 13.4. The van der Waals surface area contributed by atoms with Gasteiger partial charge in [0.1, 0.15) is 0 Å². The normalized spacial score (nSPS) is 18.1. The molecule has 1 aromatic carbocycles. The minimum Gasteiger partial charge on any atom is -0.317 e. The maximum Gasteiger partial charge on any atom is 0.0409 e. The van der Waals surface area contributed by atoms with Gasteiger partial charge in [-0.3, -0.25) is 4.90 Å². The van der Waals surface area contributed by atoms with Crippen molar-refractivity contribution in [3.8, 4) is 0 Å². The average Bonchev–Trinajstić information content (AvgIpc) is 2.49. The van der Waals surface area contributed by atoms with Gasteiger partial charge in [-0.05, 0) is 68.9 Å². The predicted molar refractivity (Wildman–Crippen MR) is 91.9 cm³/mol. The van der Waals surface area contributed by atoms with Crippen LogP contribution in [0, 0.1) is 5.92 Å². The summed E-state index contributed by atoms with van der Waals surface area (Å²) in [7, 11) is 0. The van der Waals surface area contributed by atoms with Gasteiger partial charge in [0.15, 0.2) is 0 Å². The summed E-state index contributed by atoms with van der Waals surface area (Å²) in [6.45, 7) is 9.32. The minimum atomic E-state index is 0.499. The van der Waals surface area contributed by atoms with Crippen molar-refractivity contribution in [1.82, 2.24) is 10.2 Å². The molecule has 0 radical (unpaired) electrons. The molecule has 0 saturated carbocycles. The summed E-state index contributed by atoms with van der Waals surface area (Å²) in [6, 6.07) is 8.91. The maximum atomic E-state index is 6.19. The van der Waals surface area contributed by atoms with Crippen LogP contribution in [0.1, 0.15) is 51.1 Å². The lowest BCUT2D eigenvalue weighted by Crippen LogP contribution is -2.38. The molecule has 1 N–H and O–H groups in total. The van der Waals surface area contributed by atoms with Crippen molar-refractivity contribution in [1.29, 1.82) is 0 Å². The van der Waals surface area contributed by atoms with Gasteiger partial charge < -0.3 is 5.32 Å². The molecular formula is C18H29ClN2. The van der Waals surface area contributed by atoms with Crippen LogP contribution in [-0.4, -0.2) is 31.1 Å². The van der Waals surface area contributed by atoms with Crippen LogP contribution in [0.2, 0.25) is 5.02 Å². The van der Waals surface area contributed by atoms with Crippen molar-refractivity contribution in [2.24, 2.45) is 5.92 Å². The van der Waals surface area contributed by atoms with Gasteiger partial charge >= 0.3 is 0 Å². The largest absolute Gasteiger partial charge is 0.317 e. The molecule has 3 heteroatoms. The summed E-state index contributed by atoms with van der Waals surface area (Å²) >= 11 is 6.19. The van der Waals surface area contributed by atoms with E-state index >= 15 is 0 Å². The Bertz CT molecular complexity index is 415. The topological polar surface area (TPSA) is 15.3 Å². The Labute approximate surface area is 134 Å². The molecule has 0 aromatic heterocycles. The Kier molecular flexibility index (Phi) is 7.01. The van der Waals surface area contributed by atoms with Crippen molar-refractivity contribution < 1.29 is 0 Å². The van der Waals surface area contributed by atoms with Crippen molar-refractivity contribution >= 4 is 11.6 Å². The Balaban J connectivity index is 2.09. The van der Waals surface area contributed by atoms with Gasteiger partial charge in [0.2, 0.25) is 0 Å². The zero-order valence-corrected chi connectivity index (χ0v) is 14.2. The molecule has 1 aliphatic heterocycles. The van der Waals surface area contributed by atoms with E-state index < -0.39 is 0 Å². The summed E-state index contributed by atoms with van der Waals surface area (Å²) in [5.74, 6) is 0.839. The molecule has 1 atom stereocenters. The quantitative estimate of drug-likeness (QED) is 0.797. The molecular weight excluding hydrogens is 280 g/mol. The number of halogens is 1. The molecule has 2 rings (SSSR count). The second-order valence-electron chi connectivity index (χ2n) is 6.17. The van der Waals surface area contributed by atoms with E-state index in [1.807, 2.05) is 6.07 Å². The van der Waals surface area contributed by atoms with Crippen molar-refractivity contribution in [2.45, 2.75) is 45.6 Å². The molecule has 0 bridgehead atoms. The van der Waals surface area contributed by atoms with Gasteiger partial charge in [0.05, 0.1) is 0 Å². The first-order chi connectivity index (χ1) is 10.2. The number of hydrogen-bond donors (Lipinski definition) is 1. The van der Waals surface area contributed by atoms with Crippen LogP contribution in [-0.2, 0) is 0 Å². The van der Waals surface area contributed by atoms with Crippen LogP contribution < -0.4 is 5.32 Å². The molecule has 118 valence electrons. The van der Waals surface area contributed by atoms with E-state index in [1.165, 1.54) is 51.0 Å². The Morgan fingerprint density at radius 2 is 2.05 bits per heavy atom. The van der Waals surface area contributed by atoms with Gasteiger partial charge in [-0.25, -0.2) is 0 Å². The van der Waals surface area contributed by atoms with Crippen LogP contribution >= 0.6 is 11.6 Å². The Morgan fingerprint density at radius 3 is 2.67 bits per heavy atom. The predicted octanol–water partition coefficient (Wildman–Crippen LogP) is 4.50. The van der Waals surface area contributed by atoms with Gasteiger partial charge in [-0.1, -0.05) is 37.6 Å². The van der Waals surface area contributed by atoms with E-state index in [-0.39, 0.29) is 0 Å². The van der Waals surface area contributed by atoms with E-state index in [1.54, 1.807) is 0 Å². The second kappa shape index (κ2) is 8.77. The van der Waals surface area contributed by atoms with Crippen molar-refractivity contribution in [3.63, 3.8) is 0 Å². The lowest BCUT2D eigenvalue weighted by atomic mass is 9.95. The average molecular weight is 309 g/mol. The molecule has 0 amide bonds. The maximum absolute atomic E-state index is 6.19. The van der Waals surface area contributed by atoms with Gasteiger partial charge in [0.25, 0.3) is 0 Å². The highest BCUT2D eigenvalue weighted by atomic mass is 35.5. The van der Waals surface area contributed by atoms with E-state index in [4.69, 9.17) is 11.6 Å². The third kappa shape index (κ3) is 4.98. The van der Waals surface area contributed by atoms with E-state index in [0.717, 1.165) is 17.4 Å². The summed E-state index contributed by atoms with van der Waals surface area (Å²) in [4.78, 5) is 2.68. The lowest BCUT2D eigenvalue weighted by Gasteiger charge is -2.35. The van der Waals surface area contributed by atoms with Gasteiger partial charge in [-0.2, -0.15) is 0 Å². The molecule has 0 aliphatic carbocycles. The Morgan fingerprint density at radius 1 is 1.29 bits per heavy atom. The first-order valence-corrected chi connectivity index (χ1v) is 8.82. The van der Waals surface area contributed by atoms with E-state index in [0.29, 0.717) is 6.04 Å². The van der Waals surface area contributed by atoms with Crippen LogP contribution in [0.15, 0.2) is 24.3 Å². The fourth-order valence-electron chi connectivity index (χ4n) is 3.48. The smallest absolute Gasteiger partial charge is 0.0409 e. The molecule has 1 aromatic rings. The van der Waals surface area contributed by atoms with Crippen LogP contribution in [0.5, 0.6) is 0 Å². The highest BCUT2D eigenvalue weighted by Crippen LogP contribution is 2.28. The Hall–Kier alpha value is -0.570.